The van der Waals surface area contributed by atoms with Crippen LogP contribution in [0.3, 0.4) is 0 Å². The van der Waals surface area contributed by atoms with Gasteiger partial charge in [0, 0.05) is 9.90 Å². The second-order valence-electron chi connectivity index (χ2n) is 4.48. The number of hydrogen-bond acceptors (Lipinski definition) is 2. The van der Waals surface area contributed by atoms with E-state index in [2.05, 4.69) is 53.3 Å². The van der Waals surface area contributed by atoms with Crippen LogP contribution in [0.15, 0.2) is 34.1 Å². The first-order chi connectivity index (χ1) is 9.13. The maximum atomic E-state index is 6.25. The fraction of sp³-hybridized carbons (Fsp3) is 0.333. The van der Waals surface area contributed by atoms with E-state index < -0.39 is 0 Å². The highest BCUT2D eigenvalue weighted by atomic mass is 79.9. The van der Waals surface area contributed by atoms with Crippen molar-refractivity contribution in [2.45, 2.75) is 26.3 Å². The summed E-state index contributed by atoms with van der Waals surface area (Å²) in [5, 5.41) is 4.44. The van der Waals surface area contributed by atoms with E-state index >= 15 is 0 Å². The summed E-state index contributed by atoms with van der Waals surface area (Å²) in [4.78, 5) is 1.31. The predicted octanol–water partition coefficient (Wildman–Crippen LogP) is 5.56. The summed E-state index contributed by atoms with van der Waals surface area (Å²) in [7, 11) is 0. The zero-order chi connectivity index (χ0) is 13.8. The van der Waals surface area contributed by atoms with E-state index in [4.69, 9.17) is 11.6 Å². The Labute approximate surface area is 132 Å². The lowest BCUT2D eigenvalue weighted by atomic mass is 10.00. The summed E-state index contributed by atoms with van der Waals surface area (Å²) in [6, 6.07) is 10.6. The first-order valence-electron chi connectivity index (χ1n) is 6.37. The third-order valence-electron chi connectivity index (χ3n) is 3.10. The average Bonchev–Trinajstić information content (AvgIpc) is 2.81. The van der Waals surface area contributed by atoms with Crippen molar-refractivity contribution in [3.05, 3.63) is 55.1 Å². The molecule has 19 heavy (non-hydrogen) atoms. The third kappa shape index (κ3) is 3.60. The summed E-state index contributed by atoms with van der Waals surface area (Å²) in [5.41, 5.74) is 2.41. The van der Waals surface area contributed by atoms with Crippen molar-refractivity contribution in [2.24, 2.45) is 0 Å². The number of halogens is 2. The number of nitrogens with one attached hydrogen (secondary N) is 1. The standard InChI is InChI=1S/C15H17BrClNS/c1-3-9-18-15(13-7-8-14(16)19-13)11-5-4-6-12(17)10(11)2/h4-8,15,18H,3,9H2,1-2H3. The third-order valence-corrected chi connectivity index (χ3v) is 5.20. The molecule has 0 fully saturated rings. The van der Waals surface area contributed by atoms with Crippen molar-refractivity contribution in [3.8, 4) is 0 Å². The molecule has 4 heteroatoms. The van der Waals surface area contributed by atoms with Gasteiger partial charge in [0.2, 0.25) is 0 Å². The van der Waals surface area contributed by atoms with Crippen LogP contribution in [0.4, 0.5) is 0 Å². The van der Waals surface area contributed by atoms with Crippen molar-refractivity contribution in [2.75, 3.05) is 6.54 Å². The van der Waals surface area contributed by atoms with Crippen LogP contribution in [0.5, 0.6) is 0 Å². The highest BCUT2D eigenvalue weighted by Gasteiger charge is 2.18. The first-order valence-corrected chi connectivity index (χ1v) is 8.36. The zero-order valence-corrected chi connectivity index (χ0v) is 14.2. The Morgan fingerprint density at radius 1 is 1.32 bits per heavy atom. The minimum Gasteiger partial charge on any atom is -0.306 e. The maximum absolute atomic E-state index is 6.25. The topological polar surface area (TPSA) is 12.0 Å². The Hall–Kier alpha value is -0.350. The minimum atomic E-state index is 0.218. The molecule has 1 nitrogen and oxygen atoms in total. The molecule has 0 aliphatic rings. The van der Waals surface area contributed by atoms with Crippen LogP contribution in [0.25, 0.3) is 0 Å². The van der Waals surface area contributed by atoms with Crippen molar-refractivity contribution in [3.63, 3.8) is 0 Å². The highest BCUT2D eigenvalue weighted by molar-refractivity contribution is 9.11. The SMILES string of the molecule is CCCNC(c1ccc(Br)s1)c1cccc(Cl)c1C. The smallest absolute Gasteiger partial charge is 0.0702 e. The van der Waals surface area contributed by atoms with Gasteiger partial charge in [0.1, 0.15) is 0 Å². The van der Waals surface area contributed by atoms with Crippen LogP contribution in [-0.2, 0) is 0 Å². The monoisotopic (exact) mass is 357 g/mol. The molecule has 0 saturated carbocycles. The molecule has 2 rings (SSSR count). The summed E-state index contributed by atoms with van der Waals surface area (Å²) in [5.74, 6) is 0. The van der Waals surface area contributed by atoms with Crippen molar-refractivity contribution in [1.29, 1.82) is 0 Å². The minimum absolute atomic E-state index is 0.218. The van der Waals surface area contributed by atoms with Crippen LogP contribution < -0.4 is 5.32 Å². The molecule has 0 amide bonds. The van der Waals surface area contributed by atoms with Gasteiger partial charge >= 0.3 is 0 Å². The van der Waals surface area contributed by atoms with Crippen molar-refractivity contribution < 1.29 is 0 Å². The number of rotatable bonds is 5. The Bertz CT molecular complexity index is 553. The molecule has 0 aliphatic carbocycles. The van der Waals surface area contributed by atoms with Gasteiger partial charge in [-0.1, -0.05) is 30.7 Å². The van der Waals surface area contributed by atoms with Gasteiger partial charge in [-0.3, -0.25) is 0 Å². The van der Waals surface area contributed by atoms with Gasteiger partial charge in [0.15, 0.2) is 0 Å². The van der Waals surface area contributed by atoms with Crippen molar-refractivity contribution in [1.82, 2.24) is 5.32 Å². The molecule has 1 atom stereocenters. The molecule has 0 aliphatic heterocycles. The van der Waals surface area contributed by atoms with E-state index in [1.54, 1.807) is 11.3 Å². The van der Waals surface area contributed by atoms with E-state index in [-0.39, 0.29) is 6.04 Å². The van der Waals surface area contributed by atoms with Crippen LogP contribution in [-0.4, -0.2) is 6.54 Å². The lowest BCUT2D eigenvalue weighted by Gasteiger charge is -2.20. The molecule has 2 aromatic rings. The van der Waals surface area contributed by atoms with Crippen LogP contribution >= 0.6 is 38.9 Å². The van der Waals surface area contributed by atoms with Crippen molar-refractivity contribution >= 4 is 38.9 Å². The molecule has 102 valence electrons. The fourth-order valence-corrected chi connectivity index (χ4v) is 3.77. The van der Waals surface area contributed by atoms with Gasteiger partial charge in [-0.05, 0) is 65.1 Å². The molecular weight excluding hydrogens is 342 g/mol. The molecule has 0 spiro atoms. The Kier molecular flexibility index (Phi) is 5.46. The van der Waals surface area contributed by atoms with Crippen LogP contribution in [0.2, 0.25) is 5.02 Å². The van der Waals surface area contributed by atoms with Gasteiger partial charge in [-0.2, -0.15) is 0 Å². The maximum Gasteiger partial charge on any atom is 0.0702 e. The summed E-state index contributed by atoms with van der Waals surface area (Å²) in [6.07, 6.45) is 1.11. The molecule has 1 aromatic carbocycles. The van der Waals surface area contributed by atoms with Gasteiger partial charge in [-0.25, -0.2) is 0 Å². The van der Waals surface area contributed by atoms with E-state index in [1.165, 1.54) is 10.4 Å². The number of hydrogen-bond donors (Lipinski definition) is 1. The lowest BCUT2D eigenvalue weighted by molar-refractivity contribution is 0.603. The number of thiophene rings is 1. The second kappa shape index (κ2) is 6.89. The molecule has 1 heterocycles. The van der Waals surface area contributed by atoms with E-state index in [1.807, 2.05) is 12.1 Å². The zero-order valence-electron chi connectivity index (χ0n) is 11.0. The second-order valence-corrected chi connectivity index (χ2v) is 7.38. The van der Waals surface area contributed by atoms with Gasteiger partial charge in [-0.15, -0.1) is 11.3 Å². The van der Waals surface area contributed by atoms with E-state index in [0.29, 0.717) is 0 Å². The molecule has 1 aromatic heterocycles. The molecule has 0 radical (unpaired) electrons. The van der Waals surface area contributed by atoms with E-state index in [9.17, 15) is 0 Å². The quantitative estimate of drug-likeness (QED) is 0.737. The Morgan fingerprint density at radius 2 is 2.11 bits per heavy atom. The van der Waals surface area contributed by atoms with Crippen LogP contribution in [0, 0.1) is 6.92 Å². The summed E-state index contributed by atoms with van der Waals surface area (Å²) < 4.78 is 1.16. The predicted molar refractivity (Wildman–Crippen MR) is 88.3 cm³/mol. The van der Waals surface area contributed by atoms with E-state index in [0.717, 1.165) is 27.3 Å². The summed E-state index contributed by atoms with van der Waals surface area (Å²) in [6.45, 7) is 5.26. The van der Waals surface area contributed by atoms with Gasteiger partial charge < -0.3 is 5.32 Å². The normalized spacial score (nSPS) is 12.6. The molecular formula is C15H17BrClNS. The molecule has 1 unspecified atom stereocenters. The molecule has 0 saturated heterocycles. The van der Waals surface area contributed by atoms with Gasteiger partial charge in [0.25, 0.3) is 0 Å². The molecule has 0 bridgehead atoms. The Morgan fingerprint density at radius 3 is 2.74 bits per heavy atom. The first kappa shape index (κ1) is 15.0. The molecule has 1 N–H and O–H groups in total. The fourth-order valence-electron chi connectivity index (χ4n) is 2.07. The summed E-state index contributed by atoms with van der Waals surface area (Å²) >= 11 is 11.6. The average molecular weight is 359 g/mol. The Balaban J connectivity index is 2.39. The number of benzene rings is 1. The highest BCUT2D eigenvalue weighted by Crippen LogP contribution is 2.34. The van der Waals surface area contributed by atoms with Crippen LogP contribution in [0.1, 0.15) is 35.4 Å². The largest absolute Gasteiger partial charge is 0.306 e. The lowest BCUT2D eigenvalue weighted by Crippen LogP contribution is -2.23. The van der Waals surface area contributed by atoms with Gasteiger partial charge in [0.05, 0.1) is 9.83 Å².